The van der Waals surface area contributed by atoms with E-state index < -0.39 is 33.8 Å². The molecule has 0 spiro atoms. The zero-order valence-electron chi connectivity index (χ0n) is 20.3. The molecule has 0 radical (unpaired) electrons. The van der Waals surface area contributed by atoms with E-state index in [1.807, 2.05) is 0 Å². The lowest BCUT2D eigenvalue weighted by Crippen LogP contribution is -2.47. The molecule has 2 N–H and O–H groups in total. The summed E-state index contributed by atoms with van der Waals surface area (Å²) in [7, 11) is -4.15. The molecule has 4 aromatic rings. The number of rotatable bonds is 7. The van der Waals surface area contributed by atoms with Gasteiger partial charge in [0.2, 0.25) is 5.91 Å². The second kappa shape index (κ2) is 10.5. The minimum Gasteiger partial charge on any atom is -0.478 e. The number of benzene rings is 4. The van der Waals surface area contributed by atoms with Crippen LogP contribution in [0.25, 0.3) is 11.1 Å². The first-order valence-corrected chi connectivity index (χ1v) is 13.7. The number of anilines is 1. The number of carboxylic acids is 1. The van der Waals surface area contributed by atoms with Gasteiger partial charge in [-0.15, -0.1) is 0 Å². The molecular formula is C29H22ClFN2O5S. The van der Waals surface area contributed by atoms with Crippen LogP contribution in [0.2, 0.25) is 5.02 Å². The van der Waals surface area contributed by atoms with Gasteiger partial charge in [0.1, 0.15) is 11.9 Å². The van der Waals surface area contributed by atoms with Gasteiger partial charge in [-0.2, -0.15) is 0 Å². The van der Waals surface area contributed by atoms with Crippen LogP contribution in [0.15, 0.2) is 95.9 Å². The summed E-state index contributed by atoms with van der Waals surface area (Å²) in [6.07, 6.45) is 0.197. The number of carbonyl (C=O) groups is 2. The predicted molar refractivity (Wildman–Crippen MR) is 146 cm³/mol. The van der Waals surface area contributed by atoms with Gasteiger partial charge < -0.3 is 10.4 Å². The maximum atomic E-state index is 13.9. The van der Waals surface area contributed by atoms with Crippen LogP contribution in [-0.4, -0.2) is 31.4 Å². The number of sulfonamides is 1. The number of fused-ring (bicyclic) bond motifs is 1. The smallest absolute Gasteiger partial charge is 0.335 e. The van der Waals surface area contributed by atoms with Crippen molar-refractivity contribution in [2.75, 3.05) is 4.31 Å². The van der Waals surface area contributed by atoms with Crippen molar-refractivity contribution in [3.8, 4) is 11.1 Å². The van der Waals surface area contributed by atoms with Crippen LogP contribution in [0.5, 0.6) is 0 Å². The first-order chi connectivity index (χ1) is 18.6. The maximum absolute atomic E-state index is 13.9. The van der Waals surface area contributed by atoms with E-state index in [0.29, 0.717) is 22.4 Å². The van der Waals surface area contributed by atoms with E-state index in [4.69, 9.17) is 16.7 Å². The predicted octanol–water partition coefficient (Wildman–Crippen LogP) is 5.28. The molecule has 7 nitrogen and oxygen atoms in total. The monoisotopic (exact) mass is 564 g/mol. The Labute approximate surface area is 229 Å². The summed E-state index contributed by atoms with van der Waals surface area (Å²) in [6, 6.07) is 22.0. The van der Waals surface area contributed by atoms with E-state index in [0.717, 1.165) is 9.87 Å². The van der Waals surface area contributed by atoms with Crippen LogP contribution in [-0.2, 0) is 27.8 Å². The topological polar surface area (TPSA) is 104 Å². The summed E-state index contributed by atoms with van der Waals surface area (Å²) in [4.78, 5) is 24.4. The Hall–Kier alpha value is -4.21. The zero-order valence-corrected chi connectivity index (χ0v) is 21.9. The molecule has 0 fully saturated rings. The Kier molecular flexibility index (Phi) is 7.12. The molecule has 1 aliphatic rings. The average molecular weight is 565 g/mol. The third-order valence-corrected chi connectivity index (χ3v) is 8.70. The number of para-hydroxylation sites is 1. The summed E-state index contributed by atoms with van der Waals surface area (Å²) >= 11 is 6.17. The van der Waals surface area contributed by atoms with Crippen LogP contribution in [0, 0.1) is 5.82 Å². The first-order valence-electron chi connectivity index (χ1n) is 11.9. The highest BCUT2D eigenvalue weighted by Crippen LogP contribution is 2.37. The Morgan fingerprint density at radius 3 is 2.33 bits per heavy atom. The lowest BCUT2D eigenvalue weighted by molar-refractivity contribution is -0.122. The van der Waals surface area contributed by atoms with Crippen LogP contribution in [0.1, 0.15) is 21.5 Å². The van der Waals surface area contributed by atoms with Gasteiger partial charge in [0.05, 0.1) is 21.2 Å². The number of aromatic carboxylic acids is 1. The molecule has 5 rings (SSSR count). The van der Waals surface area contributed by atoms with Gasteiger partial charge in [-0.1, -0.05) is 54.1 Å². The van der Waals surface area contributed by atoms with Gasteiger partial charge >= 0.3 is 5.97 Å². The first kappa shape index (κ1) is 26.4. The summed E-state index contributed by atoms with van der Waals surface area (Å²) in [6.45, 7) is 0.104. The van der Waals surface area contributed by atoms with Gasteiger partial charge in [-0.05, 0) is 65.2 Å². The quantitative estimate of drug-likeness (QED) is 0.318. The van der Waals surface area contributed by atoms with Crippen molar-refractivity contribution in [2.45, 2.75) is 23.9 Å². The molecule has 0 saturated heterocycles. The highest BCUT2D eigenvalue weighted by Gasteiger charge is 2.42. The molecule has 4 aromatic carbocycles. The van der Waals surface area contributed by atoms with E-state index in [1.165, 1.54) is 42.5 Å². The summed E-state index contributed by atoms with van der Waals surface area (Å²) < 4.78 is 42.3. The van der Waals surface area contributed by atoms with Crippen molar-refractivity contribution < 1.29 is 27.5 Å². The van der Waals surface area contributed by atoms with Crippen LogP contribution in [0.4, 0.5) is 10.1 Å². The van der Waals surface area contributed by atoms with Crippen molar-refractivity contribution in [2.24, 2.45) is 0 Å². The second-order valence-corrected chi connectivity index (χ2v) is 11.2. The summed E-state index contributed by atoms with van der Waals surface area (Å²) in [5, 5.41) is 12.0. The Morgan fingerprint density at radius 2 is 1.67 bits per heavy atom. The standard InChI is InChI=1S/C29H22ClFN2O5S/c30-25-16-22(31)11-14-24(25)19-9-12-23(13-10-19)39(37,38)33-26-4-2-1-3-21(26)15-27(33)28(34)32-17-18-5-7-20(8-6-18)29(35)36/h1-14,16,27H,15,17H2,(H,32,34)(H,35,36). The number of nitrogens with one attached hydrogen (secondary N) is 1. The van der Waals surface area contributed by atoms with Crippen molar-refractivity contribution in [1.29, 1.82) is 0 Å². The third kappa shape index (κ3) is 5.23. The number of amides is 1. The Bertz CT molecular complexity index is 1680. The van der Waals surface area contributed by atoms with E-state index in [1.54, 1.807) is 48.5 Å². The molecule has 1 heterocycles. The maximum Gasteiger partial charge on any atom is 0.335 e. The summed E-state index contributed by atoms with van der Waals surface area (Å²) in [5.74, 6) is -2.01. The van der Waals surface area contributed by atoms with E-state index in [-0.39, 0.29) is 28.4 Å². The number of nitrogens with zero attached hydrogens (tertiary/aromatic N) is 1. The third-order valence-electron chi connectivity index (χ3n) is 6.55. The van der Waals surface area contributed by atoms with Crippen molar-refractivity contribution >= 4 is 39.2 Å². The minimum absolute atomic E-state index is 0.0109. The fourth-order valence-corrected chi connectivity index (χ4v) is 6.50. The van der Waals surface area contributed by atoms with Gasteiger partial charge in [0.15, 0.2) is 0 Å². The fourth-order valence-electron chi connectivity index (χ4n) is 4.57. The highest BCUT2D eigenvalue weighted by atomic mass is 35.5. The number of halogens is 2. The molecule has 0 aromatic heterocycles. The SMILES string of the molecule is O=C(O)c1ccc(CNC(=O)C2Cc3ccccc3N2S(=O)(=O)c2ccc(-c3ccc(F)cc3Cl)cc2)cc1. The highest BCUT2D eigenvalue weighted by molar-refractivity contribution is 7.93. The molecule has 0 aliphatic carbocycles. The van der Waals surface area contributed by atoms with Crippen LogP contribution >= 0.6 is 11.6 Å². The fraction of sp³-hybridized carbons (Fsp3) is 0.103. The van der Waals surface area contributed by atoms with Crippen LogP contribution in [0.3, 0.4) is 0 Å². The van der Waals surface area contributed by atoms with Crippen molar-refractivity contribution in [1.82, 2.24) is 5.32 Å². The van der Waals surface area contributed by atoms with Gasteiger partial charge in [0.25, 0.3) is 10.0 Å². The Morgan fingerprint density at radius 1 is 0.974 bits per heavy atom. The molecule has 0 saturated carbocycles. The van der Waals surface area contributed by atoms with E-state index in [2.05, 4.69) is 5.32 Å². The van der Waals surface area contributed by atoms with Gasteiger partial charge in [-0.25, -0.2) is 17.6 Å². The molecule has 0 bridgehead atoms. The van der Waals surface area contributed by atoms with Crippen molar-refractivity contribution in [3.63, 3.8) is 0 Å². The molecular weight excluding hydrogens is 543 g/mol. The number of carboxylic acid groups (broad SMARTS) is 1. The number of hydrogen-bond acceptors (Lipinski definition) is 4. The largest absolute Gasteiger partial charge is 0.478 e. The van der Waals surface area contributed by atoms with Gasteiger partial charge in [-0.3, -0.25) is 9.10 Å². The van der Waals surface area contributed by atoms with E-state index >= 15 is 0 Å². The van der Waals surface area contributed by atoms with Crippen molar-refractivity contribution in [3.05, 3.63) is 119 Å². The average Bonchev–Trinajstić information content (AvgIpc) is 3.33. The minimum atomic E-state index is -4.15. The Balaban J connectivity index is 1.41. The molecule has 1 atom stereocenters. The lowest BCUT2D eigenvalue weighted by Gasteiger charge is -2.26. The molecule has 198 valence electrons. The van der Waals surface area contributed by atoms with E-state index in [9.17, 15) is 22.4 Å². The lowest BCUT2D eigenvalue weighted by atomic mass is 10.1. The molecule has 39 heavy (non-hydrogen) atoms. The van der Waals surface area contributed by atoms with Crippen LogP contribution < -0.4 is 9.62 Å². The molecule has 1 unspecified atom stereocenters. The number of carbonyl (C=O) groups excluding carboxylic acids is 1. The number of hydrogen-bond donors (Lipinski definition) is 2. The summed E-state index contributed by atoms with van der Waals surface area (Å²) in [5.41, 5.74) is 3.12. The molecule has 10 heteroatoms. The normalized spacial score (nSPS) is 14.6. The zero-order chi connectivity index (χ0) is 27.7. The molecule has 1 amide bonds. The molecule has 1 aliphatic heterocycles. The van der Waals surface area contributed by atoms with Gasteiger partial charge in [0, 0.05) is 18.5 Å². The second-order valence-electron chi connectivity index (χ2n) is 9.02.